The maximum Gasteiger partial charge on any atom is 0.355 e. The van der Waals surface area contributed by atoms with Gasteiger partial charge in [-0.3, -0.25) is 14.5 Å². The highest BCUT2D eigenvalue weighted by atomic mass is 32.2. The lowest BCUT2D eigenvalue weighted by molar-refractivity contribution is -0.153. The summed E-state index contributed by atoms with van der Waals surface area (Å²) in [6.07, 6.45) is 1.42. The second kappa shape index (κ2) is 8.49. The molecule has 1 N–H and O–H groups in total. The molecule has 2 aliphatic rings. The Morgan fingerprint density at radius 1 is 1.39 bits per heavy atom. The summed E-state index contributed by atoms with van der Waals surface area (Å²) >= 11 is -1.44. The third-order valence-electron chi connectivity index (χ3n) is 4.27. The summed E-state index contributed by atoms with van der Waals surface area (Å²) in [4.78, 5) is 38.1. The van der Waals surface area contributed by atoms with Crippen molar-refractivity contribution < 1.29 is 28.4 Å². The van der Waals surface area contributed by atoms with Crippen molar-refractivity contribution in [2.75, 3.05) is 19.0 Å². The van der Waals surface area contributed by atoms with Crippen molar-refractivity contribution in [2.24, 2.45) is 0 Å². The van der Waals surface area contributed by atoms with E-state index in [4.69, 9.17) is 9.47 Å². The normalized spacial score (nSPS) is 23.4. The highest BCUT2D eigenvalue weighted by Crippen LogP contribution is 2.36. The Bertz CT molecular complexity index is 825. The molecule has 0 aromatic heterocycles. The van der Waals surface area contributed by atoms with Crippen LogP contribution in [-0.2, 0) is 30.3 Å². The summed E-state index contributed by atoms with van der Waals surface area (Å²) in [6.45, 7) is 4.83. The molecule has 28 heavy (non-hydrogen) atoms. The van der Waals surface area contributed by atoms with Crippen molar-refractivity contribution in [2.45, 2.75) is 18.3 Å². The Balaban J connectivity index is 1.65. The monoisotopic (exact) mass is 404 g/mol. The summed E-state index contributed by atoms with van der Waals surface area (Å²) in [5.74, 6) is -1.05. The molecule has 1 aromatic carbocycles. The minimum Gasteiger partial charge on any atom is -0.614 e. The number of fused-ring (bicyclic) bond motifs is 1. The van der Waals surface area contributed by atoms with Crippen LogP contribution in [0.3, 0.4) is 0 Å². The fourth-order valence-electron chi connectivity index (χ4n) is 3.03. The van der Waals surface area contributed by atoms with Crippen molar-refractivity contribution in [1.82, 2.24) is 10.2 Å². The zero-order valence-corrected chi connectivity index (χ0v) is 16.1. The summed E-state index contributed by atoms with van der Waals surface area (Å²) in [7, 11) is 0. The number of benzene rings is 1. The average Bonchev–Trinajstić information content (AvgIpc) is 2.69. The molecule has 0 saturated carbocycles. The van der Waals surface area contributed by atoms with Crippen LogP contribution in [0, 0.1) is 0 Å². The summed E-state index contributed by atoms with van der Waals surface area (Å²) in [6, 6.07) is 7.80. The number of hydrogen-bond donors (Lipinski definition) is 1. The fourth-order valence-corrected chi connectivity index (χ4v) is 4.70. The van der Waals surface area contributed by atoms with E-state index in [-0.39, 0.29) is 24.7 Å². The van der Waals surface area contributed by atoms with Crippen LogP contribution in [0.1, 0.15) is 6.92 Å². The van der Waals surface area contributed by atoms with Crippen LogP contribution < -0.4 is 10.1 Å². The molecule has 3 rings (SSSR count). The number of amides is 2. The third kappa shape index (κ3) is 3.90. The summed E-state index contributed by atoms with van der Waals surface area (Å²) in [5, 5.41) is 1.74. The van der Waals surface area contributed by atoms with Gasteiger partial charge in [0.1, 0.15) is 23.8 Å². The van der Waals surface area contributed by atoms with Gasteiger partial charge in [0.05, 0.1) is 0 Å². The van der Waals surface area contributed by atoms with Crippen LogP contribution in [0.4, 0.5) is 0 Å². The average molecular weight is 404 g/mol. The Labute approximate surface area is 165 Å². The zero-order valence-electron chi connectivity index (χ0n) is 15.3. The second-order valence-corrected chi connectivity index (χ2v) is 7.82. The highest BCUT2D eigenvalue weighted by molar-refractivity contribution is 7.92. The van der Waals surface area contributed by atoms with E-state index in [0.29, 0.717) is 11.3 Å². The summed E-state index contributed by atoms with van der Waals surface area (Å²) in [5.41, 5.74) is 0.594. The van der Waals surface area contributed by atoms with Gasteiger partial charge in [-0.2, -0.15) is 0 Å². The van der Waals surface area contributed by atoms with E-state index in [2.05, 4.69) is 11.9 Å². The molecule has 2 heterocycles. The molecular weight excluding hydrogens is 384 g/mol. The standard InChI is InChI=1S/C19H20N2O6S/c1-3-9-26-19(24)16-12(2)11-28(25)18-15(17(23)21(16)18)20-14(22)10-27-13-7-5-4-6-8-13/h3-8,15,18H,1,9-11H2,2H3,(H,20,22)/t15?,18-,28?/m0/s1. The number of esters is 1. The quantitative estimate of drug-likeness (QED) is 0.307. The molecule has 9 heteroatoms. The molecule has 2 unspecified atom stereocenters. The van der Waals surface area contributed by atoms with Gasteiger partial charge in [0.2, 0.25) is 5.37 Å². The number of carbonyl (C=O) groups is 3. The van der Waals surface area contributed by atoms with E-state index in [9.17, 15) is 18.9 Å². The predicted molar refractivity (Wildman–Crippen MR) is 101 cm³/mol. The number of ether oxygens (including phenoxy) is 2. The molecule has 0 bridgehead atoms. The minimum absolute atomic E-state index is 0.00237. The molecule has 1 aromatic rings. The van der Waals surface area contributed by atoms with Crippen LogP contribution in [0.15, 0.2) is 54.3 Å². The number of nitrogens with one attached hydrogen (secondary N) is 1. The van der Waals surface area contributed by atoms with Crippen molar-refractivity contribution in [1.29, 1.82) is 0 Å². The van der Waals surface area contributed by atoms with Gasteiger partial charge in [0.25, 0.3) is 11.8 Å². The van der Waals surface area contributed by atoms with E-state index in [1.54, 1.807) is 31.2 Å². The number of hydrogen-bond acceptors (Lipinski definition) is 6. The molecule has 0 spiro atoms. The molecule has 148 valence electrons. The van der Waals surface area contributed by atoms with Gasteiger partial charge in [-0.25, -0.2) is 4.79 Å². The number of rotatable bonds is 7. The first kappa shape index (κ1) is 20.0. The van der Waals surface area contributed by atoms with Gasteiger partial charge in [0.15, 0.2) is 12.6 Å². The van der Waals surface area contributed by atoms with Gasteiger partial charge in [-0.15, -0.1) is 0 Å². The lowest BCUT2D eigenvalue weighted by Gasteiger charge is -2.48. The Hall–Kier alpha value is -2.78. The van der Waals surface area contributed by atoms with Gasteiger partial charge >= 0.3 is 5.97 Å². The lowest BCUT2D eigenvalue weighted by Crippen LogP contribution is -2.75. The molecule has 2 amide bonds. The maximum absolute atomic E-state index is 12.6. The first-order chi connectivity index (χ1) is 13.4. The van der Waals surface area contributed by atoms with Crippen LogP contribution in [-0.4, -0.2) is 57.6 Å². The first-order valence-corrected chi connectivity index (χ1v) is 9.97. The van der Waals surface area contributed by atoms with Gasteiger partial charge in [0, 0.05) is 5.57 Å². The second-order valence-electron chi connectivity index (χ2n) is 6.29. The van der Waals surface area contributed by atoms with Gasteiger partial charge in [-0.05, 0) is 30.2 Å². The highest BCUT2D eigenvalue weighted by Gasteiger charge is 2.60. The number of nitrogens with zero attached hydrogens (tertiary/aromatic N) is 1. The predicted octanol–water partition coefficient (Wildman–Crippen LogP) is 0.484. The van der Waals surface area contributed by atoms with Crippen LogP contribution >= 0.6 is 0 Å². The minimum atomic E-state index is -1.44. The fraction of sp³-hybridized carbons (Fsp3) is 0.316. The van der Waals surface area contributed by atoms with E-state index < -0.39 is 40.4 Å². The molecule has 0 radical (unpaired) electrons. The SMILES string of the molecule is C=CCOC(=O)C1=C(C)C[S+]([O-])[C@H]2C(NC(=O)COc3ccccc3)C(=O)N12. The van der Waals surface area contributed by atoms with E-state index in [1.807, 2.05) is 6.07 Å². The molecule has 0 aliphatic carbocycles. The van der Waals surface area contributed by atoms with Gasteiger partial charge in [-0.1, -0.05) is 30.9 Å². The Kier molecular flexibility index (Phi) is 6.05. The molecule has 3 atom stereocenters. The Morgan fingerprint density at radius 2 is 2.11 bits per heavy atom. The summed E-state index contributed by atoms with van der Waals surface area (Å²) < 4.78 is 22.9. The molecule has 1 saturated heterocycles. The molecule has 2 aliphatic heterocycles. The number of para-hydroxylation sites is 1. The molecule has 1 fully saturated rings. The van der Waals surface area contributed by atoms with Crippen molar-refractivity contribution >= 4 is 29.0 Å². The van der Waals surface area contributed by atoms with Crippen molar-refractivity contribution in [3.8, 4) is 5.75 Å². The van der Waals surface area contributed by atoms with E-state index >= 15 is 0 Å². The number of β-lactam (4-membered cyclic amide) rings is 1. The topological polar surface area (TPSA) is 108 Å². The zero-order chi connectivity index (χ0) is 20.3. The van der Waals surface area contributed by atoms with E-state index in [1.165, 1.54) is 6.08 Å². The maximum atomic E-state index is 12.6. The third-order valence-corrected chi connectivity index (χ3v) is 6.01. The van der Waals surface area contributed by atoms with Crippen LogP contribution in [0.2, 0.25) is 0 Å². The van der Waals surface area contributed by atoms with Crippen LogP contribution in [0.5, 0.6) is 5.75 Å². The molecule has 8 nitrogen and oxygen atoms in total. The van der Waals surface area contributed by atoms with Crippen molar-refractivity contribution in [3.63, 3.8) is 0 Å². The number of carbonyl (C=O) groups excluding carboxylic acids is 3. The molecular formula is C19H20N2O6S. The van der Waals surface area contributed by atoms with Crippen molar-refractivity contribution in [3.05, 3.63) is 54.3 Å². The van der Waals surface area contributed by atoms with Crippen LogP contribution in [0.25, 0.3) is 0 Å². The van der Waals surface area contributed by atoms with E-state index in [0.717, 1.165) is 4.90 Å². The first-order valence-electron chi connectivity index (χ1n) is 8.59. The van der Waals surface area contributed by atoms with Gasteiger partial charge < -0.3 is 19.3 Å². The largest absolute Gasteiger partial charge is 0.614 e. The Morgan fingerprint density at radius 3 is 2.79 bits per heavy atom. The smallest absolute Gasteiger partial charge is 0.355 e. The lowest BCUT2D eigenvalue weighted by atomic mass is 10.0.